The normalized spacial score (nSPS) is 10.4. The van der Waals surface area contributed by atoms with E-state index in [1.807, 2.05) is 17.5 Å². The Balaban J connectivity index is 2.63. The standard InChI is InChI=1S/C6H6N4OS/c1-9-6(11)10(8-7-9)5-3-2-4-12-5/h2-4H,1H3. The molecule has 0 fully saturated rings. The monoisotopic (exact) mass is 182 g/mol. The number of aryl methyl sites for hydroxylation is 1. The van der Waals surface area contributed by atoms with Crippen LogP contribution in [0.2, 0.25) is 0 Å². The molecule has 2 aromatic rings. The largest absolute Gasteiger partial charge is 0.368 e. The van der Waals surface area contributed by atoms with E-state index in [4.69, 9.17) is 0 Å². The average Bonchev–Trinajstić information content (AvgIpc) is 2.64. The van der Waals surface area contributed by atoms with E-state index in [0.717, 1.165) is 5.00 Å². The molecule has 0 aliphatic heterocycles. The van der Waals surface area contributed by atoms with Gasteiger partial charge in [0.1, 0.15) is 5.00 Å². The molecule has 0 atom stereocenters. The van der Waals surface area contributed by atoms with E-state index in [1.165, 1.54) is 20.7 Å². The van der Waals surface area contributed by atoms with Crippen LogP contribution in [-0.2, 0) is 7.05 Å². The van der Waals surface area contributed by atoms with Crippen LogP contribution >= 0.6 is 11.3 Å². The number of nitrogens with zero attached hydrogens (tertiary/aromatic N) is 4. The van der Waals surface area contributed by atoms with Crippen LogP contribution in [0.1, 0.15) is 0 Å². The summed E-state index contributed by atoms with van der Waals surface area (Å²) in [6, 6.07) is 3.68. The van der Waals surface area contributed by atoms with Crippen molar-refractivity contribution >= 4 is 11.3 Å². The molecule has 0 aliphatic rings. The van der Waals surface area contributed by atoms with Gasteiger partial charge in [0.25, 0.3) is 0 Å². The number of hydrogen-bond acceptors (Lipinski definition) is 4. The number of rotatable bonds is 1. The third-order valence-electron chi connectivity index (χ3n) is 1.44. The van der Waals surface area contributed by atoms with Crippen LogP contribution < -0.4 is 5.69 Å². The highest BCUT2D eigenvalue weighted by Gasteiger charge is 2.04. The molecule has 0 aliphatic carbocycles. The summed E-state index contributed by atoms with van der Waals surface area (Å²) >= 11 is 1.45. The molecule has 62 valence electrons. The molecule has 0 N–H and O–H groups in total. The lowest BCUT2D eigenvalue weighted by molar-refractivity contribution is 0.693. The first kappa shape index (κ1) is 7.23. The highest BCUT2D eigenvalue weighted by molar-refractivity contribution is 7.12. The van der Waals surface area contributed by atoms with Crippen LogP contribution in [0.4, 0.5) is 0 Å². The Morgan fingerprint density at radius 2 is 2.33 bits per heavy atom. The zero-order chi connectivity index (χ0) is 8.55. The first-order valence-corrected chi connectivity index (χ1v) is 4.20. The molecule has 0 amide bonds. The second kappa shape index (κ2) is 2.56. The van der Waals surface area contributed by atoms with E-state index in [9.17, 15) is 4.79 Å². The van der Waals surface area contributed by atoms with Crippen molar-refractivity contribution < 1.29 is 0 Å². The van der Waals surface area contributed by atoms with Crippen molar-refractivity contribution in [3.63, 3.8) is 0 Å². The smallest absolute Gasteiger partial charge is 0.244 e. The van der Waals surface area contributed by atoms with E-state index >= 15 is 0 Å². The van der Waals surface area contributed by atoms with E-state index in [1.54, 1.807) is 7.05 Å². The maximum Gasteiger partial charge on any atom is 0.368 e. The summed E-state index contributed by atoms with van der Waals surface area (Å²) in [6.45, 7) is 0. The summed E-state index contributed by atoms with van der Waals surface area (Å²) in [5.74, 6) is 0. The summed E-state index contributed by atoms with van der Waals surface area (Å²) < 4.78 is 2.46. The van der Waals surface area contributed by atoms with Crippen molar-refractivity contribution in [1.82, 2.24) is 19.8 Å². The summed E-state index contributed by atoms with van der Waals surface area (Å²) in [7, 11) is 1.57. The highest BCUT2D eigenvalue weighted by atomic mass is 32.1. The second-order valence-corrected chi connectivity index (χ2v) is 3.17. The predicted octanol–water partition coefficient (Wildman–Crippen LogP) is 0.0275. The van der Waals surface area contributed by atoms with Gasteiger partial charge in [-0.25, -0.2) is 4.79 Å². The van der Waals surface area contributed by atoms with Gasteiger partial charge in [-0.15, -0.1) is 11.3 Å². The lowest BCUT2D eigenvalue weighted by Crippen LogP contribution is -2.21. The Kier molecular flexibility index (Phi) is 1.54. The lowest BCUT2D eigenvalue weighted by atomic mass is 10.6. The van der Waals surface area contributed by atoms with Gasteiger partial charge in [0, 0.05) is 7.05 Å². The molecule has 0 saturated carbocycles. The van der Waals surface area contributed by atoms with Gasteiger partial charge in [-0.05, 0) is 27.9 Å². The third-order valence-corrected chi connectivity index (χ3v) is 2.28. The maximum atomic E-state index is 11.3. The van der Waals surface area contributed by atoms with Crippen LogP contribution in [0.15, 0.2) is 22.3 Å². The van der Waals surface area contributed by atoms with Crippen LogP contribution in [0.3, 0.4) is 0 Å². The molecule has 0 aromatic carbocycles. The van der Waals surface area contributed by atoms with Crippen LogP contribution in [0.25, 0.3) is 5.00 Å². The second-order valence-electron chi connectivity index (χ2n) is 2.25. The Morgan fingerprint density at radius 3 is 2.83 bits per heavy atom. The number of aromatic nitrogens is 4. The summed E-state index contributed by atoms with van der Waals surface area (Å²) in [5.41, 5.74) is -0.225. The fourth-order valence-corrected chi connectivity index (χ4v) is 1.51. The molecule has 0 bridgehead atoms. The third kappa shape index (κ3) is 0.964. The first-order chi connectivity index (χ1) is 5.79. The van der Waals surface area contributed by atoms with E-state index in [-0.39, 0.29) is 5.69 Å². The van der Waals surface area contributed by atoms with Gasteiger partial charge in [-0.1, -0.05) is 0 Å². The predicted molar refractivity (Wildman–Crippen MR) is 44.5 cm³/mol. The zero-order valence-corrected chi connectivity index (χ0v) is 7.15. The molecule has 5 nitrogen and oxygen atoms in total. The van der Waals surface area contributed by atoms with Crippen LogP contribution in [0.5, 0.6) is 0 Å². The van der Waals surface area contributed by atoms with Crippen molar-refractivity contribution in [3.05, 3.63) is 28.0 Å². The molecule has 0 unspecified atom stereocenters. The number of tetrazole rings is 1. The molecule has 2 aromatic heterocycles. The van der Waals surface area contributed by atoms with Gasteiger partial charge in [0.05, 0.1) is 0 Å². The quantitative estimate of drug-likeness (QED) is 0.625. The Labute approximate surface area is 71.8 Å². The number of thiophene rings is 1. The molecular formula is C6H6N4OS. The Hall–Kier alpha value is -1.43. The molecule has 0 spiro atoms. The molecule has 6 heteroatoms. The van der Waals surface area contributed by atoms with E-state index in [0.29, 0.717) is 0 Å². The molecule has 12 heavy (non-hydrogen) atoms. The van der Waals surface area contributed by atoms with Gasteiger partial charge in [0.15, 0.2) is 0 Å². The molecule has 0 radical (unpaired) electrons. The lowest BCUT2D eigenvalue weighted by Gasteiger charge is -1.88. The van der Waals surface area contributed by atoms with Gasteiger partial charge >= 0.3 is 5.69 Å². The highest BCUT2D eigenvalue weighted by Crippen LogP contribution is 2.10. The Bertz CT molecular complexity index is 427. The van der Waals surface area contributed by atoms with Gasteiger partial charge in [0.2, 0.25) is 0 Å². The zero-order valence-electron chi connectivity index (χ0n) is 6.34. The fourth-order valence-electron chi connectivity index (χ4n) is 0.842. The topological polar surface area (TPSA) is 52.7 Å². The molecule has 0 saturated heterocycles. The summed E-state index contributed by atoms with van der Waals surface area (Å²) in [5, 5.41) is 9.95. The molecule has 2 heterocycles. The summed E-state index contributed by atoms with van der Waals surface area (Å²) in [4.78, 5) is 11.3. The van der Waals surface area contributed by atoms with E-state index < -0.39 is 0 Å². The fraction of sp³-hybridized carbons (Fsp3) is 0.167. The van der Waals surface area contributed by atoms with Crippen LogP contribution in [0, 0.1) is 0 Å². The molecular weight excluding hydrogens is 176 g/mol. The van der Waals surface area contributed by atoms with Crippen molar-refractivity contribution in [2.45, 2.75) is 0 Å². The van der Waals surface area contributed by atoms with Gasteiger partial charge in [-0.3, -0.25) is 0 Å². The van der Waals surface area contributed by atoms with Crippen molar-refractivity contribution in [2.75, 3.05) is 0 Å². The van der Waals surface area contributed by atoms with Crippen molar-refractivity contribution in [3.8, 4) is 5.00 Å². The van der Waals surface area contributed by atoms with Gasteiger partial charge < -0.3 is 0 Å². The average molecular weight is 182 g/mol. The summed E-state index contributed by atoms with van der Waals surface area (Å²) in [6.07, 6.45) is 0. The van der Waals surface area contributed by atoms with Crippen LogP contribution in [-0.4, -0.2) is 19.8 Å². The minimum Gasteiger partial charge on any atom is -0.244 e. The Morgan fingerprint density at radius 1 is 1.50 bits per heavy atom. The number of hydrogen-bond donors (Lipinski definition) is 0. The van der Waals surface area contributed by atoms with E-state index in [2.05, 4.69) is 10.4 Å². The van der Waals surface area contributed by atoms with Gasteiger partial charge in [-0.2, -0.15) is 9.36 Å². The molecule has 2 rings (SSSR count). The minimum atomic E-state index is -0.225. The minimum absolute atomic E-state index is 0.225. The SMILES string of the molecule is Cn1nnn(-c2cccs2)c1=O. The van der Waals surface area contributed by atoms with Crippen molar-refractivity contribution in [2.24, 2.45) is 7.05 Å². The van der Waals surface area contributed by atoms with Crippen molar-refractivity contribution in [1.29, 1.82) is 0 Å². The first-order valence-electron chi connectivity index (χ1n) is 3.32. The maximum absolute atomic E-state index is 11.3.